The standard InChI is InChI=1S/C11H20N2OS.ClH/c1-9-8-13(5-4-12-9)11(14)10-2-6-15-7-3-10;/h9-10,12H,2-8H2,1H3;1H. The van der Waals surface area contributed by atoms with Crippen molar-refractivity contribution in [2.45, 2.75) is 25.8 Å². The van der Waals surface area contributed by atoms with Crippen molar-refractivity contribution in [3.05, 3.63) is 0 Å². The molecule has 5 heteroatoms. The second-order valence-corrected chi connectivity index (χ2v) is 5.75. The van der Waals surface area contributed by atoms with E-state index in [9.17, 15) is 4.79 Å². The number of carbonyl (C=O) groups excluding carboxylic acids is 1. The molecular formula is C11H21ClN2OS. The van der Waals surface area contributed by atoms with Crippen molar-refractivity contribution >= 4 is 30.1 Å². The molecule has 94 valence electrons. The van der Waals surface area contributed by atoms with Gasteiger partial charge in [-0.1, -0.05) is 0 Å². The quantitative estimate of drug-likeness (QED) is 0.777. The summed E-state index contributed by atoms with van der Waals surface area (Å²) in [5, 5.41) is 3.37. The summed E-state index contributed by atoms with van der Waals surface area (Å²) in [6.07, 6.45) is 2.17. The first-order valence-electron chi connectivity index (χ1n) is 5.87. The normalized spacial score (nSPS) is 27.3. The zero-order valence-electron chi connectivity index (χ0n) is 9.78. The van der Waals surface area contributed by atoms with E-state index in [1.807, 2.05) is 11.8 Å². The monoisotopic (exact) mass is 264 g/mol. The highest BCUT2D eigenvalue weighted by atomic mass is 35.5. The van der Waals surface area contributed by atoms with Crippen LogP contribution in [0, 0.1) is 5.92 Å². The van der Waals surface area contributed by atoms with Crippen LogP contribution in [0.15, 0.2) is 0 Å². The molecule has 2 heterocycles. The van der Waals surface area contributed by atoms with Crippen molar-refractivity contribution in [1.82, 2.24) is 10.2 Å². The van der Waals surface area contributed by atoms with E-state index in [0.717, 1.165) is 44.0 Å². The van der Waals surface area contributed by atoms with Crippen LogP contribution >= 0.6 is 24.2 Å². The number of nitrogens with one attached hydrogen (secondary N) is 1. The number of halogens is 1. The highest BCUT2D eigenvalue weighted by Crippen LogP contribution is 2.24. The number of rotatable bonds is 1. The van der Waals surface area contributed by atoms with E-state index in [-0.39, 0.29) is 12.4 Å². The molecular weight excluding hydrogens is 244 g/mol. The van der Waals surface area contributed by atoms with Crippen molar-refractivity contribution in [2.24, 2.45) is 5.92 Å². The van der Waals surface area contributed by atoms with Crippen LogP contribution in [0.1, 0.15) is 19.8 Å². The van der Waals surface area contributed by atoms with Crippen molar-refractivity contribution in [1.29, 1.82) is 0 Å². The number of amides is 1. The second-order valence-electron chi connectivity index (χ2n) is 4.53. The number of carbonyl (C=O) groups is 1. The summed E-state index contributed by atoms with van der Waals surface area (Å²) < 4.78 is 0. The molecule has 0 aromatic rings. The number of hydrogen-bond donors (Lipinski definition) is 1. The van der Waals surface area contributed by atoms with Crippen LogP contribution in [0.4, 0.5) is 0 Å². The van der Waals surface area contributed by atoms with Gasteiger partial charge in [0.15, 0.2) is 0 Å². The Morgan fingerprint density at radius 2 is 2.06 bits per heavy atom. The molecule has 0 radical (unpaired) electrons. The summed E-state index contributed by atoms with van der Waals surface area (Å²) in [7, 11) is 0. The minimum Gasteiger partial charge on any atom is -0.340 e. The molecule has 1 atom stereocenters. The number of nitrogens with zero attached hydrogens (tertiary/aromatic N) is 1. The molecule has 2 aliphatic rings. The van der Waals surface area contributed by atoms with Crippen LogP contribution < -0.4 is 5.32 Å². The average molecular weight is 265 g/mol. The predicted octanol–water partition coefficient (Wildman–Crippen LogP) is 1.37. The maximum absolute atomic E-state index is 12.2. The van der Waals surface area contributed by atoms with E-state index in [1.165, 1.54) is 0 Å². The molecule has 0 aliphatic carbocycles. The summed E-state index contributed by atoms with van der Waals surface area (Å²) in [5.74, 6) is 3.05. The first kappa shape index (κ1) is 14.1. The third kappa shape index (κ3) is 3.54. The lowest BCUT2D eigenvalue weighted by Crippen LogP contribution is -2.53. The smallest absolute Gasteiger partial charge is 0.225 e. The Morgan fingerprint density at radius 1 is 1.38 bits per heavy atom. The first-order valence-corrected chi connectivity index (χ1v) is 7.03. The number of piperazine rings is 1. The molecule has 2 saturated heterocycles. The Labute approximate surface area is 108 Å². The van der Waals surface area contributed by atoms with Crippen LogP contribution in [0.25, 0.3) is 0 Å². The van der Waals surface area contributed by atoms with Crippen LogP contribution in [0.5, 0.6) is 0 Å². The van der Waals surface area contributed by atoms with E-state index in [4.69, 9.17) is 0 Å². The van der Waals surface area contributed by atoms with Gasteiger partial charge in [-0.05, 0) is 31.3 Å². The zero-order chi connectivity index (χ0) is 10.7. The minimum absolute atomic E-state index is 0. The first-order chi connectivity index (χ1) is 7.27. The molecule has 16 heavy (non-hydrogen) atoms. The van der Waals surface area contributed by atoms with Gasteiger partial charge in [-0.3, -0.25) is 4.79 Å². The van der Waals surface area contributed by atoms with Gasteiger partial charge in [-0.15, -0.1) is 12.4 Å². The van der Waals surface area contributed by atoms with Gasteiger partial charge in [0.2, 0.25) is 5.91 Å². The fourth-order valence-electron chi connectivity index (χ4n) is 2.34. The molecule has 0 spiro atoms. The second kappa shape index (κ2) is 6.72. The highest BCUT2D eigenvalue weighted by Gasteiger charge is 2.28. The number of hydrogen-bond acceptors (Lipinski definition) is 3. The topological polar surface area (TPSA) is 32.3 Å². The Balaban J connectivity index is 0.00000128. The summed E-state index contributed by atoms with van der Waals surface area (Å²) in [6.45, 7) is 4.89. The molecule has 2 aliphatic heterocycles. The van der Waals surface area contributed by atoms with Crippen LogP contribution in [-0.4, -0.2) is 48.0 Å². The summed E-state index contributed by atoms with van der Waals surface area (Å²) >= 11 is 1.98. The molecule has 2 rings (SSSR count). The molecule has 0 aromatic heterocycles. The summed E-state index contributed by atoms with van der Waals surface area (Å²) in [6, 6.07) is 0.459. The summed E-state index contributed by atoms with van der Waals surface area (Å²) in [5.41, 5.74) is 0. The summed E-state index contributed by atoms with van der Waals surface area (Å²) in [4.78, 5) is 14.2. The molecule has 2 fully saturated rings. The van der Waals surface area contributed by atoms with E-state index in [0.29, 0.717) is 17.9 Å². The van der Waals surface area contributed by atoms with Gasteiger partial charge in [0.1, 0.15) is 0 Å². The number of thioether (sulfide) groups is 1. The van der Waals surface area contributed by atoms with Crippen molar-refractivity contribution in [3.8, 4) is 0 Å². The Kier molecular flexibility index (Phi) is 5.94. The van der Waals surface area contributed by atoms with Gasteiger partial charge in [0, 0.05) is 31.6 Å². The van der Waals surface area contributed by atoms with Crippen molar-refractivity contribution < 1.29 is 4.79 Å². The maximum atomic E-state index is 12.2. The van der Waals surface area contributed by atoms with Crippen LogP contribution in [0.2, 0.25) is 0 Å². The third-order valence-corrected chi connectivity index (χ3v) is 4.30. The zero-order valence-corrected chi connectivity index (χ0v) is 11.4. The van der Waals surface area contributed by atoms with Gasteiger partial charge < -0.3 is 10.2 Å². The van der Waals surface area contributed by atoms with Gasteiger partial charge >= 0.3 is 0 Å². The maximum Gasteiger partial charge on any atom is 0.225 e. The van der Waals surface area contributed by atoms with E-state index < -0.39 is 0 Å². The Morgan fingerprint density at radius 3 is 2.69 bits per heavy atom. The van der Waals surface area contributed by atoms with Gasteiger partial charge in [-0.25, -0.2) is 0 Å². The molecule has 1 N–H and O–H groups in total. The third-order valence-electron chi connectivity index (χ3n) is 3.25. The van der Waals surface area contributed by atoms with Crippen molar-refractivity contribution in [2.75, 3.05) is 31.1 Å². The molecule has 1 unspecified atom stereocenters. The largest absolute Gasteiger partial charge is 0.340 e. The lowest BCUT2D eigenvalue weighted by Gasteiger charge is -2.35. The fraction of sp³-hybridized carbons (Fsp3) is 0.909. The molecule has 0 bridgehead atoms. The van der Waals surface area contributed by atoms with Crippen LogP contribution in [0.3, 0.4) is 0 Å². The lowest BCUT2D eigenvalue weighted by atomic mass is 10.0. The van der Waals surface area contributed by atoms with Crippen LogP contribution in [-0.2, 0) is 4.79 Å². The van der Waals surface area contributed by atoms with E-state index in [1.54, 1.807) is 0 Å². The molecule has 0 saturated carbocycles. The molecule has 0 aromatic carbocycles. The lowest BCUT2D eigenvalue weighted by molar-refractivity contribution is -0.136. The Bertz CT molecular complexity index is 234. The SMILES string of the molecule is CC1CN(C(=O)C2CCSCC2)CCN1.Cl. The van der Waals surface area contributed by atoms with E-state index >= 15 is 0 Å². The predicted molar refractivity (Wildman–Crippen MR) is 71.3 cm³/mol. The van der Waals surface area contributed by atoms with E-state index in [2.05, 4.69) is 17.1 Å². The molecule has 1 amide bonds. The Hall–Kier alpha value is 0.0700. The molecule has 3 nitrogen and oxygen atoms in total. The van der Waals surface area contributed by atoms with Crippen molar-refractivity contribution in [3.63, 3.8) is 0 Å². The minimum atomic E-state index is 0. The highest BCUT2D eigenvalue weighted by molar-refractivity contribution is 7.99. The average Bonchev–Trinajstić information content (AvgIpc) is 2.29. The van der Waals surface area contributed by atoms with Gasteiger partial charge in [0.25, 0.3) is 0 Å². The van der Waals surface area contributed by atoms with Gasteiger partial charge in [-0.2, -0.15) is 11.8 Å². The fourth-order valence-corrected chi connectivity index (χ4v) is 3.44. The van der Waals surface area contributed by atoms with Gasteiger partial charge in [0.05, 0.1) is 0 Å².